The van der Waals surface area contributed by atoms with E-state index < -0.39 is 0 Å². The average molecular weight is 155 g/mol. The zero-order valence-electron chi connectivity index (χ0n) is 7.68. The Morgan fingerprint density at radius 1 is 1.09 bits per heavy atom. The van der Waals surface area contributed by atoms with E-state index in [0.29, 0.717) is 0 Å². The van der Waals surface area contributed by atoms with Crippen LogP contribution in [0.2, 0.25) is 0 Å². The summed E-state index contributed by atoms with van der Waals surface area (Å²) >= 11 is 0. The summed E-state index contributed by atoms with van der Waals surface area (Å²) < 4.78 is 0. The van der Waals surface area contributed by atoms with E-state index in [1.165, 1.54) is 38.5 Å². The molecule has 66 valence electrons. The van der Waals surface area contributed by atoms with E-state index in [-0.39, 0.29) is 0 Å². The first-order chi connectivity index (χ1) is 5.33. The summed E-state index contributed by atoms with van der Waals surface area (Å²) in [4.78, 5) is 0. The van der Waals surface area contributed by atoms with Crippen LogP contribution in [-0.2, 0) is 0 Å². The molecule has 0 amide bonds. The molecule has 11 heavy (non-hydrogen) atoms. The van der Waals surface area contributed by atoms with Gasteiger partial charge in [0.05, 0.1) is 0 Å². The fourth-order valence-corrected chi connectivity index (χ4v) is 2.03. The van der Waals surface area contributed by atoms with Gasteiger partial charge in [-0.25, -0.2) is 0 Å². The number of hydrogen-bond donors (Lipinski definition) is 1. The predicted molar refractivity (Wildman–Crippen MR) is 49.4 cm³/mol. The number of nitrogens with two attached hydrogens (primary N) is 1. The molecule has 1 aliphatic carbocycles. The molecule has 0 radical (unpaired) electrons. The van der Waals surface area contributed by atoms with Crippen molar-refractivity contribution in [3.05, 3.63) is 0 Å². The van der Waals surface area contributed by atoms with Crippen molar-refractivity contribution in [1.82, 2.24) is 0 Å². The van der Waals surface area contributed by atoms with E-state index >= 15 is 0 Å². The fraction of sp³-hybridized carbons (Fsp3) is 1.00. The molecule has 0 aromatic rings. The van der Waals surface area contributed by atoms with Crippen LogP contribution >= 0.6 is 0 Å². The Balaban J connectivity index is 2.22. The van der Waals surface area contributed by atoms with Crippen molar-refractivity contribution in [1.29, 1.82) is 0 Å². The second kappa shape index (κ2) is 4.76. The minimum atomic E-state index is 0.836. The van der Waals surface area contributed by atoms with Gasteiger partial charge in [0.2, 0.25) is 0 Å². The molecule has 1 heteroatoms. The fourth-order valence-electron chi connectivity index (χ4n) is 2.03. The van der Waals surface area contributed by atoms with Crippen LogP contribution in [0.15, 0.2) is 0 Å². The Morgan fingerprint density at radius 3 is 2.09 bits per heavy atom. The van der Waals surface area contributed by atoms with Crippen molar-refractivity contribution in [3.63, 3.8) is 0 Å². The molecule has 1 rings (SSSR count). The standard InChI is InChI=1S/C10H21N/c1-9-4-2-6-10(8-11)7-3-5-9/h9-10H,2-8,11H2,1H3. The maximum absolute atomic E-state index is 5.66. The molecule has 2 N–H and O–H groups in total. The third-order valence-corrected chi connectivity index (χ3v) is 2.95. The zero-order valence-corrected chi connectivity index (χ0v) is 7.68. The summed E-state index contributed by atoms with van der Waals surface area (Å²) in [5.74, 6) is 1.80. The third kappa shape index (κ3) is 3.24. The van der Waals surface area contributed by atoms with Gasteiger partial charge in [-0.05, 0) is 31.2 Å². The zero-order chi connectivity index (χ0) is 8.10. The maximum atomic E-state index is 5.66. The van der Waals surface area contributed by atoms with Gasteiger partial charge in [-0.2, -0.15) is 0 Å². The van der Waals surface area contributed by atoms with Crippen LogP contribution in [-0.4, -0.2) is 6.54 Å². The smallest absolute Gasteiger partial charge is 0.00489 e. The number of hydrogen-bond acceptors (Lipinski definition) is 1. The maximum Gasteiger partial charge on any atom is -0.00489 e. The van der Waals surface area contributed by atoms with E-state index in [0.717, 1.165) is 18.4 Å². The lowest BCUT2D eigenvalue weighted by Gasteiger charge is -2.20. The minimum absolute atomic E-state index is 0.836. The van der Waals surface area contributed by atoms with Crippen molar-refractivity contribution in [2.24, 2.45) is 17.6 Å². The molecule has 0 unspecified atom stereocenters. The molecule has 1 aliphatic rings. The molecule has 0 aliphatic heterocycles. The van der Waals surface area contributed by atoms with E-state index in [4.69, 9.17) is 5.73 Å². The lowest BCUT2D eigenvalue weighted by molar-refractivity contribution is 0.335. The Bertz CT molecular complexity index is 91.0. The van der Waals surface area contributed by atoms with Gasteiger partial charge in [-0.1, -0.05) is 32.6 Å². The molecule has 1 nitrogen and oxygen atoms in total. The van der Waals surface area contributed by atoms with Crippen LogP contribution in [0.3, 0.4) is 0 Å². The largest absolute Gasteiger partial charge is 0.330 e. The van der Waals surface area contributed by atoms with E-state index in [1.54, 1.807) is 0 Å². The van der Waals surface area contributed by atoms with Crippen molar-refractivity contribution in [2.75, 3.05) is 6.54 Å². The Morgan fingerprint density at radius 2 is 1.64 bits per heavy atom. The first-order valence-corrected chi connectivity index (χ1v) is 5.03. The Labute approximate surface area is 70.4 Å². The highest BCUT2D eigenvalue weighted by Gasteiger charge is 2.12. The van der Waals surface area contributed by atoms with Crippen LogP contribution in [0.5, 0.6) is 0 Å². The summed E-state index contributed by atoms with van der Waals surface area (Å²) in [7, 11) is 0. The Hall–Kier alpha value is -0.0400. The first kappa shape index (κ1) is 9.05. The van der Waals surface area contributed by atoms with Crippen molar-refractivity contribution in [2.45, 2.75) is 45.4 Å². The van der Waals surface area contributed by atoms with E-state index in [2.05, 4.69) is 6.92 Å². The molecule has 0 aromatic heterocycles. The van der Waals surface area contributed by atoms with Gasteiger partial charge in [0, 0.05) is 0 Å². The average Bonchev–Trinajstić information content (AvgIpc) is 1.96. The van der Waals surface area contributed by atoms with Gasteiger partial charge in [0.1, 0.15) is 0 Å². The normalized spacial score (nSPS) is 34.4. The quantitative estimate of drug-likeness (QED) is 0.618. The van der Waals surface area contributed by atoms with Crippen molar-refractivity contribution >= 4 is 0 Å². The van der Waals surface area contributed by atoms with Gasteiger partial charge in [-0.3, -0.25) is 0 Å². The van der Waals surface area contributed by atoms with Gasteiger partial charge in [0.15, 0.2) is 0 Å². The summed E-state index contributed by atoms with van der Waals surface area (Å²) in [6, 6.07) is 0. The predicted octanol–water partition coefficient (Wildman–Crippen LogP) is 2.55. The number of rotatable bonds is 1. The van der Waals surface area contributed by atoms with Crippen molar-refractivity contribution < 1.29 is 0 Å². The van der Waals surface area contributed by atoms with Gasteiger partial charge in [0.25, 0.3) is 0 Å². The molecule has 0 atom stereocenters. The van der Waals surface area contributed by atoms with Crippen LogP contribution in [0, 0.1) is 11.8 Å². The second-order valence-corrected chi connectivity index (χ2v) is 4.07. The highest BCUT2D eigenvalue weighted by atomic mass is 14.5. The van der Waals surface area contributed by atoms with E-state index in [9.17, 15) is 0 Å². The molecular weight excluding hydrogens is 134 g/mol. The lowest BCUT2D eigenvalue weighted by atomic mass is 9.87. The molecule has 0 heterocycles. The Kier molecular flexibility index (Phi) is 3.92. The summed E-state index contributed by atoms with van der Waals surface area (Å²) in [6.45, 7) is 3.29. The molecule has 1 fully saturated rings. The summed E-state index contributed by atoms with van der Waals surface area (Å²) in [5.41, 5.74) is 5.66. The topological polar surface area (TPSA) is 26.0 Å². The molecule has 0 bridgehead atoms. The highest BCUT2D eigenvalue weighted by Crippen LogP contribution is 2.24. The monoisotopic (exact) mass is 155 g/mol. The molecule has 0 aromatic carbocycles. The van der Waals surface area contributed by atoms with Crippen LogP contribution in [0.25, 0.3) is 0 Å². The second-order valence-electron chi connectivity index (χ2n) is 4.07. The summed E-state index contributed by atoms with van der Waals surface area (Å²) in [5, 5.41) is 0. The molecule has 1 saturated carbocycles. The van der Waals surface area contributed by atoms with Crippen LogP contribution in [0.4, 0.5) is 0 Å². The molecule has 0 spiro atoms. The molecule has 0 saturated heterocycles. The van der Waals surface area contributed by atoms with Gasteiger partial charge >= 0.3 is 0 Å². The summed E-state index contributed by atoms with van der Waals surface area (Å²) in [6.07, 6.45) is 8.42. The van der Waals surface area contributed by atoms with Crippen LogP contribution in [0.1, 0.15) is 45.4 Å². The van der Waals surface area contributed by atoms with Gasteiger partial charge in [-0.15, -0.1) is 0 Å². The first-order valence-electron chi connectivity index (χ1n) is 5.03. The van der Waals surface area contributed by atoms with Gasteiger partial charge < -0.3 is 5.73 Å². The van der Waals surface area contributed by atoms with Crippen LogP contribution < -0.4 is 5.73 Å². The minimum Gasteiger partial charge on any atom is -0.330 e. The lowest BCUT2D eigenvalue weighted by Crippen LogP contribution is -2.16. The highest BCUT2D eigenvalue weighted by molar-refractivity contribution is 4.66. The SMILES string of the molecule is CC1CCCC(CN)CCC1. The molecular formula is C10H21N. The third-order valence-electron chi connectivity index (χ3n) is 2.95. The van der Waals surface area contributed by atoms with E-state index in [1.807, 2.05) is 0 Å². The van der Waals surface area contributed by atoms with Crippen molar-refractivity contribution in [3.8, 4) is 0 Å².